The smallest absolute Gasteiger partial charge is 0.0554 e. The molecule has 0 bridgehead atoms. The van der Waals surface area contributed by atoms with Crippen LogP contribution >= 0.6 is 0 Å². The van der Waals surface area contributed by atoms with E-state index in [0.717, 1.165) is 31.7 Å². The Bertz CT molecular complexity index is 177. The Morgan fingerprint density at radius 3 is 2.62 bits per heavy atom. The Kier molecular flexibility index (Phi) is 2.61. The van der Waals surface area contributed by atoms with Crippen LogP contribution in [-0.4, -0.2) is 25.8 Å². The average Bonchev–Trinajstić information content (AvgIpc) is 2.44. The largest absolute Gasteiger partial charge is 0.380 e. The van der Waals surface area contributed by atoms with E-state index in [1.807, 2.05) is 0 Å². The van der Waals surface area contributed by atoms with Crippen LogP contribution in [0.1, 0.15) is 33.1 Å². The molecular formula is C11H21NO. The van der Waals surface area contributed by atoms with Gasteiger partial charge in [-0.2, -0.15) is 0 Å². The maximum atomic E-state index is 5.23. The monoisotopic (exact) mass is 183 g/mol. The molecule has 1 aliphatic carbocycles. The van der Waals surface area contributed by atoms with Gasteiger partial charge in [-0.3, -0.25) is 0 Å². The first kappa shape index (κ1) is 9.47. The van der Waals surface area contributed by atoms with Crippen molar-refractivity contribution in [3.05, 3.63) is 0 Å². The van der Waals surface area contributed by atoms with E-state index in [4.69, 9.17) is 4.74 Å². The van der Waals surface area contributed by atoms with Crippen molar-refractivity contribution in [2.75, 3.05) is 19.8 Å². The Morgan fingerprint density at radius 2 is 2.15 bits per heavy atom. The second kappa shape index (κ2) is 3.58. The van der Waals surface area contributed by atoms with Gasteiger partial charge in [-0.05, 0) is 25.2 Å². The molecule has 2 atom stereocenters. The Labute approximate surface area is 81.0 Å². The molecule has 76 valence electrons. The molecule has 2 fully saturated rings. The molecule has 0 amide bonds. The van der Waals surface area contributed by atoms with Crippen molar-refractivity contribution in [1.29, 1.82) is 0 Å². The highest BCUT2D eigenvalue weighted by Crippen LogP contribution is 2.28. The highest BCUT2D eigenvalue weighted by Gasteiger charge is 2.34. The predicted octanol–water partition coefficient (Wildman–Crippen LogP) is 1.80. The van der Waals surface area contributed by atoms with Crippen molar-refractivity contribution < 1.29 is 4.74 Å². The van der Waals surface area contributed by atoms with E-state index >= 15 is 0 Å². The summed E-state index contributed by atoms with van der Waals surface area (Å²) in [6.45, 7) is 7.70. The van der Waals surface area contributed by atoms with Crippen LogP contribution in [0.3, 0.4) is 0 Å². The predicted molar refractivity (Wildman–Crippen MR) is 53.7 cm³/mol. The van der Waals surface area contributed by atoms with Crippen LogP contribution < -0.4 is 5.32 Å². The summed E-state index contributed by atoms with van der Waals surface area (Å²) < 4.78 is 5.23. The normalized spacial score (nSPS) is 37.4. The third-order valence-corrected chi connectivity index (χ3v) is 3.41. The zero-order chi connectivity index (χ0) is 9.31. The molecule has 2 aliphatic rings. The van der Waals surface area contributed by atoms with Gasteiger partial charge in [0.25, 0.3) is 0 Å². The Balaban J connectivity index is 1.67. The zero-order valence-electron chi connectivity index (χ0n) is 8.81. The van der Waals surface area contributed by atoms with Gasteiger partial charge in [-0.25, -0.2) is 0 Å². The summed E-state index contributed by atoms with van der Waals surface area (Å²) in [6, 6.07) is 0.785. The minimum absolute atomic E-state index is 0.436. The van der Waals surface area contributed by atoms with Crippen LogP contribution in [0.4, 0.5) is 0 Å². The molecule has 1 aliphatic heterocycles. The van der Waals surface area contributed by atoms with Gasteiger partial charge in [0.15, 0.2) is 0 Å². The molecule has 0 aromatic heterocycles. The minimum atomic E-state index is 0.436. The second-order valence-electron chi connectivity index (χ2n) is 5.30. The topological polar surface area (TPSA) is 21.3 Å². The molecule has 0 spiro atoms. The Hall–Kier alpha value is -0.0800. The number of nitrogens with one attached hydrogen (secondary N) is 1. The maximum Gasteiger partial charge on any atom is 0.0554 e. The summed E-state index contributed by atoms with van der Waals surface area (Å²) in [5.41, 5.74) is 0.436. The summed E-state index contributed by atoms with van der Waals surface area (Å²) in [7, 11) is 0. The lowest BCUT2D eigenvalue weighted by atomic mass is 9.88. The fourth-order valence-corrected chi connectivity index (χ4v) is 2.34. The second-order valence-corrected chi connectivity index (χ2v) is 5.30. The number of rotatable bonds is 3. The zero-order valence-corrected chi connectivity index (χ0v) is 8.81. The van der Waals surface area contributed by atoms with Crippen molar-refractivity contribution in [3.63, 3.8) is 0 Å². The molecule has 2 heteroatoms. The lowest BCUT2D eigenvalue weighted by molar-refractivity contribution is -0.0999. The molecule has 1 N–H and O–H groups in total. The molecule has 2 rings (SSSR count). The van der Waals surface area contributed by atoms with Gasteiger partial charge in [-0.15, -0.1) is 0 Å². The van der Waals surface area contributed by atoms with Crippen LogP contribution in [0.15, 0.2) is 0 Å². The quantitative estimate of drug-likeness (QED) is 0.720. The molecule has 1 heterocycles. The molecule has 1 saturated heterocycles. The lowest BCUT2D eigenvalue weighted by Gasteiger charge is -2.39. The van der Waals surface area contributed by atoms with Crippen molar-refractivity contribution in [2.24, 2.45) is 11.3 Å². The summed E-state index contributed by atoms with van der Waals surface area (Å²) in [5, 5.41) is 3.67. The van der Waals surface area contributed by atoms with Gasteiger partial charge < -0.3 is 10.1 Å². The number of ether oxygens (including phenoxy) is 1. The highest BCUT2D eigenvalue weighted by molar-refractivity contribution is 4.86. The van der Waals surface area contributed by atoms with Crippen LogP contribution in [0.2, 0.25) is 0 Å². The molecule has 2 unspecified atom stereocenters. The molecular weight excluding hydrogens is 162 g/mol. The van der Waals surface area contributed by atoms with Crippen LogP contribution in [0, 0.1) is 11.3 Å². The standard InChI is InChI=1S/C11H21NO/c1-9-3-4-10(5-9)12-6-11(2)7-13-8-11/h9-10,12H,3-8H2,1-2H3. The summed E-state index contributed by atoms with van der Waals surface area (Å²) in [5.74, 6) is 0.933. The van der Waals surface area contributed by atoms with Crippen molar-refractivity contribution >= 4 is 0 Å². The first-order chi connectivity index (χ1) is 6.18. The summed E-state index contributed by atoms with van der Waals surface area (Å²) >= 11 is 0. The maximum absolute atomic E-state index is 5.23. The van der Waals surface area contributed by atoms with Crippen molar-refractivity contribution in [2.45, 2.75) is 39.2 Å². The van der Waals surface area contributed by atoms with Gasteiger partial charge in [0, 0.05) is 18.0 Å². The molecule has 0 radical (unpaired) electrons. The molecule has 13 heavy (non-hydrogen) atoms. The Morgan fingerprint density at radius 1 is 1.38 bits per heavy atom. The minimum Gasteiger partial charge on any atom is -0.380 e. The highest BCUT2D eigenvalue weighted by atomic mass is 16.5. The summed E-state index contributed by atoms with van der Waals surface area (Å²) in [4.78, 5) is 0. The van der Waals surface area contributed by atoms with E-state index in [1.165, 1.54) is 19.3 Å². The SMILES string of the molecule is CC1CCC(NCC2(C)COC2)C1. The van der Waals surface area contributed by atoms with E-state index < -0.39 is 0 Å². The van der Waals surface area contributed by atoms with Gasteiger partial charge in [-0.1, -0.05) is 13.8 Å². The van der Waals surface area contributed by atoms with E-state index in [0.29, 0.717) is 5.41 Å². The van der Waals surface area contributed by atoms with Crippen LogP contribution in [0.5, 0.6) is 0 Å². The van der Waals surface area contributed by atoms with Gasteiger partial charge in [0.1, 0.15) is 0 Å². The molecule has 2 nitrogen and oxygen atoms in total. The van der Waals surface area contributed by atoms with Crippen LogP contribution in [0.25, 0.3) is 0 Å². The van der Waals surface area contributed by atoms with E-state index in [1.54, 1.807) is 0 Å². The van der Waals surface area contributed by atoms with E-state index in [-0.39, 0.29) is 0 Å². The van der Waals surface area contributed by atoms with E-state index in [2.05, 4.69) is 19.2 Å². The van der Waals surface area contributed by atoms with Crippen LogP contribution in [-0.2, 0) is 4.74 Å². The first-order valence-corrected chi connectivity index (χ1v) is 5.49. The van der Waals surface area contributed by atoms with E-state index in [9.17, 15) is 0 Å². The molecule has 0 aromatic rings. The van der Waals surface area contributed by atoms with Crippen molar-refractivity contribution in [3.8, 4) is 0 Å². The lowest BCUT2D eigenvalue weighted by Crippen LogP contribution is -2.49. The fraction of sp³-hybridized carbons (Fsp3) is 1.00. The molecule has 1 saturated carbocycles. The van der Waals surface area contributed by atoms with Gasteiger partial charge in [0.2, 0.25) is 0 Å². The van der Waals surface area contributed by atoms with Gasteiger partial charge >= 0.3 is 0 Å². The summed E-state index contributed by atoms with van der Waals surface area (Å²) in [6.07, 6.45) is 4.15. The third-order valence-electron chi connectivity index (χ3n) is 3.41. The fourth-order valence-electron chi connectivity index (χ4n) is 2.34. The van der Waals surface area contributed by atoms with Gasteiger partial charge in [0.05, 0.1) is 13.2 Å². The number of hydrogen-bond acceptors (Lipinski definition) is 2. The first-order valence-electron chi connectivity index (χ1n) is 5.49. The molecule has 0 aromatic carbocycles. The number of hydrogen-bond donors (Lipinski definition) is 1. The third kappa shape index (κ3) is 2.23. The van der Waals surface area contributed by atoms with Crippen molar-refractivity contribution in [1.82, 2.24) is 5.32 Å². The average molecular weight is 183 g/mol.